The highest BCUT2D eigenvalue weighted by Gasteiger charge is 2.18. The molecule has 0 radical (unpaired) electrons. The van der Waals surface area contributed by atoms with Crippen molar-refractivity contribution < 1.29 is 14.7 Å². The van der Waals surface area contributed by atoms with Crippen LogP contribution < -0.4 is 0 Å². The third-order valence-corrected chi connectivity index (χ3v) is 4.50. The summed E-state index contributed by atoms with van der Waals surface area (Å²) in [6.07, 6.45) is 0.523. The Morgan fingerprint density at radius 1 is 1.35 bits per heavy atom. The third-order valence-electron chi connectivity index (χ3n) is 3.15. The minimum Gasteiger partial charge on any atom is -0.480 e. The van der Waals surface area contributed by atoms with E-state index in [1.165, 1.54) is 11.8 Å². The molecule has 5 heteroatoms. The van der Waals surface area contributed by atoms with Gasteiger partial charge in [0.2, 0.25) is 5.91 Å². The number of nitrogens with zero attached hydrogens (tertiary/aromatic N) is 1. The van der Waals surface area contributed by atoms with Gasteiger partial charge in [0.25, 0.3) is 0 Å². The first-order valence-electron chi connectivity index (χ1n) is 6.58. The van der Waals surface area contributed by atoms with E-state index in [4.69, 9.17) is 5.11 Å². The van der Waals surface area contributed by atoms with E-state index in [1.54, 1.807) is 11.9 Å². The van der Waals surface area contributed by atoms with E-state index in [2.05, 4.69) is 0 Å². The molecule has 0 saturated heterocycles. The molecule has 1 rings (SSSR count). The summed E-state index contributed by atoms with van der Waals surface area (Å²) in [4.78, 5) is 24.6. The molecule has 0 spiro atoms. The van der Waals surface area contributed by atoms with Gasteiger partial charge in [0, 0.05) is 13.6 Å². The van der Waals surface area contributed by atoms with Crippen molar-refractivity contribution in [3.05, 3.63) is 35.4 Å². The minimum atomic E-state index is -0.855. The Balaban J connectivity index is 2.51. The third kappa shape index (κ3) is 4.89. The van der Waals surface area contributed by atoms with Crippen LogP contribution in [0.25, 0.3) is 0 Å². The molecule has 0 heterocycles. The number of carboxylic acid groups (broad SMARTS) is 1. The molecule has 0 saturated carbocycles. The lowest BCUT2D eigenvalue weighted by Crippen LogP contribution is -2.29. The van der Waals surface area contributed by atoms with Gasteiger partial charge in [-0.3, -0.25) is 9.59 Å². The quantitative estimate of drug-likeness (QED) is 0.840. The number of carbonyl (C=O) groups excluding carboxylic acids is 1. The first kappa shape index (κ1) is 16.6. The Bertz CT molecular complexity index is 476. The van der Waals surface area contributed by atoms with Crippen molar-refractivity contribution in [2.24, 2.45) is 0 Å². The van der Waals surface area contributed by atoms with Crippen molar-refractivity contribution >= 4 is 23.6 Å². The SMILES string of the molecule is CCC(SCC(=O)N(C)Cc1ccccc1C)C(=O)O. The molecule has 0 fully saturated rings. The van der Waals surface area contributed by atoms with Crippen LogP contribution >= 0.6 is 11.8 Å². The summed E-state index contributed by atoms with van der Waals surface area (Å²) in [6, 6.07) is 7.93. The Kier molecular flexibility index (Phi) is 6.58. The fourth-order valence-electron chi connectivity index (χ4n) is 1.78. The van der Waals surface area contributed by atoms with Gasteiger partial charge < -0.3 is 10.0 Å². The molecule has 0 aromatic heterocycles. The summed E-state index contributed by atoms with van der Waals surface area (Å²) in [5, 5.41) is 8.44. The molecule has 1 aromatic carbocycles. The van der Waals surface area contributed by atoms with E-state index in [9.17, 15) is 9.59 Å². The number of hydrogen-bond donors (Lipinski definition) is 1. The van der Waals surface area contributed by atoms with Crippen molar-refractivity contribution in [2.45, 2.75) is 32.1 Å². The Morgan fingerprint density at radius 3 is 2.55 bits per heavy atom. The van der Waals surface area contributed by atoms with Crippen LogP contribution in [0.4, 0.5) is 0 Å². The van der Waals surface area contributed by atoms with Crippen LogP contribution in [0.5, 0.6) is 0 Å². The van der Waals surface area contributed by atoms with Crippen molar-refractivity contribution in [3.8, 4) is 0 Å². The van der Waals surface area contributed by atoms with Crippen molar-refractivity contribution in [2.75, 3.05) is 12.8 Å². The zero-order chi connectivity index (χ0) is 15.1. The lowest BCUT2D eigenvalue weighted by Gasteiger charge is -2.19. The Morgan fingerprint density at radius 2 is 2.00 bits per heavy atom. The molecular weight excluding hydrogens is 274 g/mol. The zero-order valence-corrected chi connectivity index (χ0v) is 12.9. The largest absolute Gasteiger partial charge is 0.480 e. The van der Waals surface area contributed by atoms with Gasteiger partial charge in [0.1, 0.15) is 5.25 Å². The molecule has 0 aliphatic heterocycles. The summed E-state index contributed by atoms with van der Waals surface area (Å²) in [5.74, 6) is -0.697. The van der Waals surface area contributed by atoms with Gasteiger partial charge in [-0.2, -0.15) is 0 Å². The number of carbonyl (C=O) groups is 2. The maximum atomic E-state index is 12.0. The number of aryl methyl sites for hydroxylation is 1. The highest BCUT2D eigenvalue weighted by molar-refractivity contribution is 8.01. The van der Waals surface area contributed by atoms with Crippen molar-refractivity contribution in [3.63, 3.8) is 0 Å². The Labute approximate surface area is 124 Å². The van der Waals surface area contributed by atoms with Gasteiger partial charge >= 0.3 is 5.97 Å². The number of amides is 1. The van der Waals surface area contributed by atoms with Gasteiger partial charge in [-0.15, -0.1) is 11.8 Å². The van der Waals surface area contributed by atoms with Gasteiger partial charge in [-0.1, -0.05) is 31.2 Å². The smallest absolute Gasteiger partial charge is 0.316 e. The molecule has 110 valence electrons. The summed E-state index contributed by atoms with van der Waals surface area (Å²) in [5.41, 5.74) is 2.26. The van der Waals surface area contributed by atoms with E-state index < -0.39 is 11.2 Å². The standard InChI is InChI=1S/C15H21NO3S/c1-4-13(15(18)19)20-10-14(17)16(3)9-12-8-6-5-7-11(12)2/h5-8,13H,4,9-10H2,1-3H3,(H,18,19). The molecule has 1 unspecified atom stereocenters. The highest BCUT2D eigenvalue weighted by Crippen LogP contribution is 2.16. The second-order valence-corrected chi connectivity index (χ2v) is 5.91. The van der Waals surface area contributed by atoms with Crippen LogP contribution in [0.15, 0.2) is 24.3 Å². The number of rotatable bonds is 7. The van der Waals surface area contributed by atoms with Crippen LogP contribution in [-0.2, 0) is 16.1 Å². The lowest BCUT2D eigenvalue weighted by atomic mass is 10.1. The van der Waals surface area contributed by atoms with Crippen LogP contribution in [0, 0.1) is 6.92 Å². The summed E-state index contributed by atoms with van der Waals surface area (Å²) < 4.78 is 0. The molecule has 1 atom stereocenters. The van der Waals surface area contributed by atoms with E-state index in [-0.39, 0.29) is 11.7 Å². The zero-order valence-electron chi connectivity index (χ0n) is 12.1. The average Bonchev–Trinajstić information content (AvgIpc) is 2.41. The van der Waals surface area contributed by atoms with E-state index in [0.29, 0.717) is 13.0 Å². The van der Waals surface area contributed by atoms with Gasteiger partial charge in [0.15, 0.2) is 0 Å². The molecule has 1 amide bonds. The molecule has 0 aliphatic carbocycles. The number of carboxylic acids is 1. The van der Waals surface area contributed by atoms with Crippen molar-refractivity contribution in [1.29, 1.82) is 0 Å². The highest BCUT2D eigenvalue weighted by atomic mass is 32.2. The molecule has 1 aromatic rings. The maximum absolute atomic E-state index is 12.0. The van der Waals surface area contributed by atoms with E-state index in [1.807, 2.05) is 38.1 Å². The monoisotopic (exact) mass is 295 g/mol. The second kappa shape index (κ2) is 7.94. The fraction of sp³-hybridized carbons (Fsp3) is 0.467. The minimum absolute atomic E-state index is 0.0436. The number of benzene rings is 1. The first-order chi connectivity index (χ1) is 9.45. The molecule has 20 heavy (non-hydrogen) atoms. The number of thioether (sulfide) groups is 1. The predicted molar refractivity (Wildman–Crippen MR) is 81.8 cm³/mol. The van der Waals surface area contributed by atoms with Crippen molar-refractivity contribution in [1.82, 2.24) is 4.90 Å². The van der Waals surface area contributed by atoms with Crippen LogP contribution in [0.2, 0.25) is 0 Å². The first-order valence-corrected chi connectivity index (χ1v) is 7.63. The number of aliphatic carboxylic acids is 1. The lowest BCUT2D eigenvalue weighted by molar-refractivity contribution is -0.136. The molecule has 0 bridgehead atoms. The summed E-state index contributed by atoms with van der Waals surface area (Å²) in [7, 11) is 1.75. The molecule has 1 N–H and O–H groups in total. The van der Waals surface area contributed by atoms with E-state index >= 15 is 0 Å². The van der Waals surface area contributed by atoms with Gasteiger partial charge in [0.05, 0.1) is 5.75 Å². The topological polar surface area (TPSA) is 57.6 Å². The molecule has 0 aliphatic rings. The normalized spacial score (nSPS) is 11.9. The molecular formula is C15H21NO3S. The second-order valence-electron chi connectivity index (χ2n) is 4.72. The van der Waals surface area contributed by atoms with Crippen LogP contribution in [0.1, 0.15) is 24.5 Å². The average molecular weight is 295 g/mol. The van der Waals surface area contributed by atoms with Crippen LogP contribution in [0.3, 0.4) is 0 Å². The van der Waals surface area contributed by atoms with Gasteiger partial charge in [-0.05, 0) is 24.5 Å². The fourth-order valence-corrected chi connectivity index (χ4v) is 2.72. The Hall–Kier alpha value is -1.49. The predicted octanol–water partition coefficient (Wildman–Crippen LogP) is 2.55. The summed E-state index contributed by atoms with van der Waals surface area (Å²) in [6.45, 7) is 4.38. The molecule has 4 nitrogen and oxygen atoms in total. The van der Waals surface area contributed by atoms with E-state index in [0.717, 1.165) is 11.1 Å². The van der Waals surface area contributed by atoms with Gasteiger partial charge in [-0.25, -0.2) is 0 Å². The van der Waals surface area contributed by atoms with Crippen LogP contribution in [-0.4, -0.2) is 39.9 Å². The maximum Gasteiger partial charge on any atom is 0.316 e. The number of hydrogen-bond acceptors (Lipinski definition) is 3. The summed E-state index contributed by atoms with van der Waals surface area (Å²) >= 11 is 1.19.